The van der Waals surface area contributed by atoms with Gasteiger partial charge < -0.3 is 5.32 Å². The number of nitrogens with zero attached hydrogens (tertiary/aromatic N) is 1. The molecular formula is C14H22Br2N2S. The lowest BCUT2D eigenvalue weighted by Gasteiger charge is -2.34. The fourth-order valence-corrected chi connectivity index (χ4v) is 4.78. The average molecular weight is 410 g/mol. The predicted molar refractivity (Wildman–Crippen MR) is 91.0 cm³/mol. The van der Waals surface area contributed by atoms with E-state index in [0.29, 0.717) is 6.04 Å². The highest BCUT2D eigenvalue weighted by Crippen LogP contribution is 2.39. The van der Waals surface area contributed by atoms with Gasteiger partial charge in [-0.3, -0.25) is 4.90 Å². The highest BCUT2D eigenvalue weighted by atomic mass is 79.9. The maximum absolute atomic E-state index is 3.63. The van der Waals surface area contributed by atoms with E-state index in [9.17, 15) is 0 Å². The molecule has 19 heavy (non-hydrogen) atoms. The van der Waals surface area contributed by atoms with Crippen LogP contribution in [-0.4, -0.2) is 31.1 Å². The first kappa shape index (κ1) is 16.0. The molecule has 1 N–H and O–H groups in total. The van der Waals surface area contributed by atoms with Gasteiger partial charge in [-0.15, -0.1) is 11.3 Å². The number of hydrogen-bond acceptors (Lipinski definition) is 3. The van der Waals surface area contributed by atoms with Gasteiger partial charge in [0, 0.05) is 41.6 Å². The Balaban J connectivity index is 2.12. The van der Waals surface area contributed by atoms with Gasteiger partial charge in [0.15, 0.2) is 0 Å². The third kappa shape index (κ3) is 4.53. The molecule has 0 amide bonds. The normalized spacial score (nSPS) is 19.0. The van der Waals surface area contributed by atoms with Crippen molar-refractivity contribution in [2.75, 3.05) is 26.2 Å². The Morgan fingerprint density at radius 3 is 2.47 bits per heavy atom. The molecule has 0 radical (unpaired) electrons. The summed E-state index contributed by atoms with van der Waals surface area (Å²) in [5, 5.41) is 3.45. The third-order valence-electron chi connectivity index (χ3n) is 3.60. The molecule has 0 aliphatic carbocycles. The lowest BCUT2D eigenvalue weighted by molar-refractivity contribution is 0.162. The Hall–Kier alpha value is 0.580. The van der Waals surface area contributed by atoms with E-state index < -0.39 is 0 Å². The van der Waals surface area contributed by atoms with Crippen molar-refractivity contribution in [3.05, 3.63) is 19.2 Å². The number of rotatable bonds is 5. The molecule has 0 bridgehead atoms. The van der Waals surface area contributed by atoms with Crippen molar-refractivity contribution < 1.29 is 0 Å². The van der Waals surface area contributed by atoms with Crippen molar-refractivity contribution in [1.82, 2.24) is 10.2 Å². The minimum Gasteiger partial charge on any atom is -0.314 e. The first-order valence-electron chi connectivity index (χ1n) is 6.97. The largest absolute Gasteiger partial charge is 0.314 e. The van der Waals surface area contributed by atoms with E-state index in [2.05, 4.69) is 62.0 Å². The molecule has 1 fully saturated rings. The van der Waals surface area contributed by atoms with Gasteiger partial charge in [0.1, 0.15) is 0 Å². The zero-order chi connectivity index (χ0) is 13.8. The van der Waals surface area contributed by atoms with Crippen LogP contribution in [0, 0.1) is 5.92 Å². The van der Waals surface area contributed by atoms with Gasteiger partial charge in [-0.1, -0.05) is 13.8 Å². The standard InChI is InChI=1S/C14H22Br2N2S/c1-10(2)3-4-12(18-7-5-17-6-8-18)13-9-11(15)14(16)19-13/h9-10,12,17H,3-8H2,1-2H3/t12-/m1/s1. The summed E-state index contributed by atoms with van der Waals surface area (Å²) in [5.74, 6) is 0.775. The molecule has 0 unspecified atom stereocenters. The Kier molecular flexibility index (Phi) is 6.34. The zero-order valence-corrected chi connectivity index (χ0v) is 15.6. The molecule has 1 aliphatic rings. The van der Waals surface area contributed by atoms with E-state index >= 15 is 0 Å². The van der Waals surface area contributed by atoms with Crippen molar-refractivity contribution in [2.24, 2.45) is 5.92 Å². The molecule has 2 nitrogen and oxygen atoms in total. The second-order valence-electron chi connectivity index (χ2n) is 5.54. The minimum absolute atomic E-state index is 0.581. The number of piperazine rings is 1. The van der Waals surface area contributed by atoms with Gasteiger partial charge in [0.2, 0.25) is 0 Å². The van der Waals surface area contributed by atoms with Crippen LogP contribution < -0.4 is 5.32 Å². The highest BCUT2D eigenvalue weighted by molar-refractivity contribution is 9.13. The van der Waals surface area contributed by atoms with Gasteiger partial charge in [-0.2, -0.15) is 0 Å². The van der Waals surface area contributed by atoms with E-state index in [1.807, 2.05) is 11.3 Å². The van der Waals surface area contributed by atoms with Crippen LogP contribution in [0.25, 0.3) is 0 Å². The Morgan fingerprint density at radius 1 is 1.26 bits per heavy atom. The van der Waals surface area contributed by atoms with Crippen LogP contribution in [0.15, 0.2) is 14.3 Å². The topological polar surface area (TPSA) is 15.3 Å². The third-order valence-corrected chi connectivity index (χ3v) is 6.96. The first-order valence-corrected chi connectivity index (χ1v) is 9.37. The Bertz CT molecular complexity index is 381. The maximum atomic E-state index is 3.63. The van der Waals surface area contributed by atoms with E-state index in [1.165, 1.54) is 26.0 Å². The molecule has 2 rings (SSSR count). The van der Waals surface area contributed by atoms with Gasteiger partial charge in [-0.25, -0.2) is 0 Å². The first-order chi connectivity index (χ1) is 9.08. The molecule has 1 aromatic rings. The monoisotopic (exact) mass is 408 g/mol. The number of nitrogens with one attached hydrogen (secondary N) is 1. The number of thiophene rings is 1. The number of hydrogen-bond donors (Lipinski definition) is 1. The maximum Gasteiger partial charge on any atom is 0.0843 e. The summed E-state index contributed by atoms with van der Waals surface area (Å²) in [6.45, 7) is 9.19. The predicted octanol–water partition coefficient (Wildman–Crippen LogP) is 4.66. The van der Waals surface area contributed by atoms with Gasteiger partial charge in [-0.05, 0) is 56.7 Å². The molecule has 1 aromatic heterocycles. The fourth-order valence-electron chi connectivity index (χ4n) is 2.52. The minimum atomic E-state index is 0.581. The molecular weight excluding hydrogens is 388 g/mol. The van der Waals surface area contributed by atoms with Crippen molar-refractivity contribution in [1.29, 1.82) is 0 Å². The summed E-state index contributed by atoms with van der Waals surface area (Å²) in [7, 11) is 0. The summed E-state index contributed by atoms with van der Waals surface area (Å²) in [4.78, 5) is 4.13. The summed E-state index contributed by atoms with van der Waals surface area (Å²) < 4.78 is 2.41. The summed E-state index contributed by atoms with van der Waals surface area (Å²) in [6.07, 6.45) is 2.55. The molecule has 0 saturated carbocycles. The van der Waals surface area contributed by atoms with E-state index in [0.717, 1.165) is 32.1 Å². The lowest BCUT2D eigenvalue weighted by Crippen LogP contribution is -2.45. The summed E-state index contributed by atoms with van der Waals surface area (Å²) >= 11 is 9.13. The average Bonchev–Trinajstić information content (AvgIpc) is 2.70. The molecule has 0 aromatic carbocycles. The molecule has 0 spiro atoms. The quantitative estimate of drug-likeness (QED) is 0.760. The molecule has 2 heterocycles. The molecule has 108 valence electrons. The van der Waals surface area contributed by atoms with Crippen LogP contribution in [-0.2, 0) is 0 Å². The summed E-state index contributed by atoms with van der Waals surface area (Å²) in [6, 6.07) is 2.87. The van der Waals surface area contributed by atoms with Crippen LogP contribution in [0.1, 0.15) is 37.6 Å². The fraction of sp³-hybridized carbons (Fsp3) is 0.714. The molecule has 1 atom stereocenters. The van der Waals surface area contributed by atoms with Gasteiger partial charge in [0.25, 0.3) is 0 Å². The number of halogens is 2. The summed E-state index contributed by atoms with van der Waals surface area (Å²) in [5.41, 5.74) is 0. The van der Waals surface area contributed by atoms with Crippen molar-refractivity contribution >= 4 is 43.2 Å². The SMILES string of the molecule is CC(C)CC[C@H](c1cc(Br)c(Br)s1)N1CCNCC1. The highest BCUT2D eigenvalue weighted by Gasteiger charge is 2.24. The van der Waals surface area contributed by atoms with Crippen LogP contribution in [0.4, 0.5) is 0 Å². The van der Waals surface area contributed by atoms with Crippen LogP contribution >= 0.6 is 43.2 Å². The zero-order valence-electron chi connectivity index (χ0n) is 11.6. The second-order valence-corrected chi connectivity index (χ2v) is 8.80. The molecule has 5 heteroatoms. The van der Waals surface area contributed by atoms with Crippen LogP contribution in [0.2, 0.25) is 0 Å². The van der Waals surface area contributed by atoms with E-state index in [1.54, 1.807) is 0 Å². The Morgan fingerprint density at radius 2 is 1.95 bits per heavy atom. The second kappa shape index (κ2) is 7.55. The lowest BCUT2D eigenvalue weighted by atomic mass is 10.0. The van der Waals surface area contributed by atoms with E-state index in [-0.39, 0.29) is 0 Å². The smallest absolute Gasteiger partial charge is 0.0843 e. The van der Waals surface area contributed by atoms with Gasteiger partial charge >= 0.3 is 0 Å². The van der Waals surface area contributed by atoms with Gasteiger partial charge in [0.05, 0.1) is 3.79 Å². The van der Waals surface area contributed by atoms with E-state index in [4.69, 9.17) is 0 Å². The Labute approximate surface area is 137 Å². The van der Waals surface area contributed by atoms with Crippen LogP contribution in [0.5, 0.6) is 0 Å². The van der Waals surface area contributed by atoms with Crippen molar-refractivity contribution in [2.45, 2.75) is 32.7 Å². The molecule has 1 aliphatic heterocycles. The molecule has 1 saturated heterocycles. The van der Waals surface area contributed by atoms with Crippen LogP contribution in [0.3, 0.4) is 0 Å². The van der Waals surface area contributed by atoms with Crippen molar-refractivity contribution in [3.63, 3.8) is 0 Å². The van der Waals surface area contributed by atoms with Crippen molar-refractivity contribution in [3.8, 4) is 0 Å².